The molecule has 1 N–H and O–H groups in total. The standard InChI is InChI=1S/C16H14N2O/c17-11-15-3-1-2-14(9-15)8-12-4-6-13(7-5-12)10-16-18-19-16/h1-7,9,16,18H,8,10H2. The van der Waals surface area contributed by atoms with E-state index in [2.05, 4.69) is 41.9 Å². The average Bonchev–Trinajstić information content (AvgIpc) is 3.25. The number of hydrogen-bond donors (Lipinski definition) is 1. The van der Waals surface area contributed by atoms with Crippen LogP contribution in [0.3, 0.4) is 0 Å². The smallest absolute Gasteiger partial charge is 0.155 e. The second kappa shape index (κ2) is 5.23. The van der Waals surface area contributed by atoms with Crippen molar-refractivity contribution in [3.63, 3.8) is 0 Å². The summed E-state index contributed by atoms with van der Waals surface area (Å²) in [5.74, 6) is 0. The number of benzene rings is 2. The summed E-state index contributed by atoms with van der Waals surface area (Å²) in [5, 5.41) is 8.89. The quantitative estimate of drug-likeness (QED) is 0.848. The van der Waals surface area contributed by atoms with Gasteiger partial charge in [0.05, 0.1) is 11.6 Å². The summed E-state index contributed by atoms with van der Waals surface area (Å²) < 4.78 is 0. The van der Waals surface area contributed by atoms with E-state index < -0.39 is 0 Å². The fourth-order valence-electron chi connectivity index (χ4n) is 2.13. The van der Waals surface area contributed by atoms with Crippen LogP contribution < -0.4 is 5.48 Å². The van der Waals surface area contributed by atoms with Gasteiger partial charge in [0.1, 0.15) is 0 Å². The average molecular weight is 250 g/mol. The van der Waals surface area contributed by atoms with Crippen molar-refractivity contribution in [2.75, 3.05) is 0 Å². The van der Waals surface area contributed by atoms with E-state index in [1.54, 1.807) is 0 Å². The molecule has 0 aromatic heterocycles. The lowest BCUT2D eigenvalue weighted by Gasteiger charge is -2.04. The number of nitrogens with zero attached hydrogens (tertiary/aromatic N) is 1. The zero-order chi connectivity index (χ0) is 13.1. The Morgan fingerprint density at radius 1 is 1.05 bits per heavy atom. The molecular weight excluding hydrogens is 236 g/mol. The molecule has 0 aliphatic carbocycles. The molecule has 1 saturated heterocycles. The van der Waals surface area contributed by atoms with Gasteiger partial charge in [-0.1, -0.05) is 36.4 Å². The lowest BCUT2D eigenvalue weighted by Crippen LogP contribution is -1.97. The first-order chi connectivity index (χ1) is 9.33. The highest BCUT2D eigenvalue weighted by Gasteiger charge is 2.21. The van der Waals surface area contributed by atoms with E-state index in [9.17, 15) is 0 Å². The normalized spacial score (nSPS) is 16.9. The highest BCUT2D eigenvalue weighted by Crippen LogP contribution is 2.15. The third-order valence-corrected chi connectivity index (χ3v) is 3.19. The van der Waals surface area contributed by atoms with Gasteiger partial charge in [0.15, 0.2) is 6.23 Å². The molecule has 0 amide bonds. The molecule has 3 heteroatoms. The van der Waals surface area contributed by atoms with Crippen molar-refractivity contribution in [2.24, 2.45) is 0 Å². The van der Waals surface area contributed by atoms with Gasteiger partial charge in [0.2, 0.25) is 0 Å². The van der Waals surface area contributed by atoms with Crippen LogP contribution in [-0.2, 0) is 17.7 Å². The van der Waals surface area contributed by atoms with E-state index in [4.69, 9.17) is 10.1 Å². The zero-order valence-corrected chi connectivity index (χ0v) is 10.5. The van der Waals surface area contributed by atoms with Crippen molar-refractivity contribution in [3.05, 3.63) is 70.8 Å². The molecule has 1 heterocycles. The minimum Gasteiger partial charge on any atom is -0.278 e. The maximum Gasteiger partial charge on any atom is 0.155 e. The van der Waals surface area contributed by atoms with E-state index in [1.807, 2.05) is 18.2 Å². The van der Waals surface area contributed by atoms with E-state index in [0.717, 1.165) is 12.8 Å². The van der Waals surface area contributed by atoms with Crippen molar-refractivity contribution >= 4 is 0 Å². The van der Waals surface area contributed by atoms with Crippen molar-refractivity contribution < 1.29 is 4.84 Å². The Balaban J connectivity index is 1.69. The van der Waals surface area contributed by atoms with Gasteiger partial charge in [-0.15, -0.1) is 0 Å². The van der Waals surface area contributed by atoms with Gasteiger partial charge >= 0.3 is 0 Å². The summed E-state index contributed by atoms with van der Waals surface area (Å²) in [4.78, 5) is 4.98. The summed E-state index contributed by atoms with van der Waals surface area (Å²) in [5.41, 5.74) is 7.22. The maximum absolute atomic E-state index is 8.89. The van der Waals surface area contributed by atoms with Gasteiger partial charge in [0, 0.05) is 6.42 Å². The van der Waals surface area contributed by atoms with E-state index in [0.29, 0.717) is 5.56 Å². The van der Waals surface area contributed by atoms with E-state index in [-0.39, 0.29) is 6.23 Å². The summed E-state index contributed by atoms with van der Waals surface area (Å²) >= 11 is 0. The molecule has 0 saturated carbocycles. The van der Waals surface area contributed by atoms with E-state index in [1.165, 1.54) is 16.7 Å². The fraction of sp³-hybridized carbons (Fsp3) is 0.188. The number of rotatable bonds is 4. The highest BCUT2D eigenvalue weighted by molar-refractivity contribution is 5.36. The molecule has 1 aliphatic heterocycles. The Bertz CT molecular complexity index is 609. The van der Waals surface area contributed by atoms with Gasteiger partial charge < -0.3 is 0 Å². The van der Waals surface area contributed by atoms with Crippen LogP contribution in [-0.4, -0.2) is 6.23 Å². The molecule has 1 fully saturated rings. The first-order valence-electron chi connectivity index (χ1n) is 6.31. The van der Waals surface area contributed by atoms with Crippen molar-refractivity contribution in [3.8, 4) is 6.07 Å². The summed E-state index contributed by atoms with van der Waals surface area (Å²) in [6, 6.07) is 18.5. The second-order valence-electron chi connectivity index (χ2n) is 4.73. The Kier molecular flexibility index (Phi) is 3.28. The van der Waals surface area contributed by atoms with Crippen LogP contribution in [0.5, 0.6) is 0 Å². The Morgan fingerprint density at radius 2 is 1.79 bits per heavy atom. The predicted molar refractivity (Wildman–Crippen MR) is 72.1 cm³/mol. The summed E-state index contributed by atoms with van der Waals surface area (Å²) in [7, 11) is 0. The molecule has 0 bridgehead atoms. The fourth-order valence-corrected chi connectivity index (χ4v) is 2.13. The molecule has 94 valence electrons. The molecule has 3 nitrogen and oxygen atoms in total. The number of hydroxylamine groups is 1. The first-order valence-corrected chi connectivity index (χ1v) is 6.31. The Morgan fingerprint density at radius 3 is 2.47 bits per heavy atom. The predicted octanol–water partition coefficient (Wildman–Crippen LogP) is 2.55. The molecule has 1 unspecified atom stereocenters. The molecular formula is C16H14N2O. The molecule has 2 aromatic carbocycles. The highest BCUT2D eigenvalue weighted by atomic mass is 16.8. The number of hydrogen-bond acceptors (Lipinski definition) is 3. The molecule has 0 radical (unpaired) electrons. The van der Waals surface area contributed by atoms with Gasteiger partial charge in [-0.2, -0.15) is 10.7 Å². The van der Waals surface area contributed by atoms with Crippen molar-refractivity contribution in [2.45, 2.75) is 19.1 Å². The topological polar surface area (TPSA) is 58.3 Å². The Hall–Kier alpha value is -2.15. The summed E-state index contributed by atoms with van der Waals surface area (Å²) in [6.45, 7) is 0. The van der Waals surface area contributed by atoms with Crippen LogP contribution in [0.2, 0.25) is 0 Å². The summed E-state index contributed by atoms with van der Waals surface area (Å²) in [6.07, 6.45) is 1.95. The van der Waals surface area contributed by atoms with Crippen LogP contribution in [0.15, 0.2) is 48.5 Å². The van der Waals surface area contributed by atoms with Gasteiger partial charge in [-0.3, -0.25) is 4.84 Å². The van der Waals surface area contributed by atoms with Crippen LogP contribution >= 0.6 is 0 Å². The van der Waals surface area contributed by atoms with Gasteiger partial charge in [-0.25, -0.2) is 0 Å². The number of nitrogens with one attached hydrogen (secondary N) is 1. The largest absolute Gasteiger partial charge is 0.278 e. The SMILES string of the molecule is N#Cc1cccc(Cc2ccc(CC3NO3)cc2)c1. The lowest BCUT2D eigenvalue weighted by molar-refractivity contribution is 0.370. The van der Waals surface area contributed by atoms with Crippen molar-refractivity contribution in [1.29, 1.82) is 5.26 Å². The van der Waals surface area contributed by atoms with Gasteiger partial charge in [0.25, 0.3) is 0 Å². The molecule has 1 aliphatic rings. The monoisotopic (exact) mass is 250 g/mol. The first kappa shape index (κ1) is 11.9. The number of nitriles is 1. The minimum absolute atomic E-state index is 0.193. The van der Waals surface area contributed by atoms with Crippen LogP contribution in [0, 0.1) is 11.3 Å². The maximum atomic E-state index is 8.89. The molecule has 2 aromatic rings. The zero-order valence-electron chi connectivity index (χ0n) is 10.5. The Labute approximate surface area is 112 Å². The van der Waals surface area contributed by atoms with Crippen LogP contribution in [0.25, 0.3) is 0 Å². The molecule has 0 spiro atoms. The van der Waals surface area contributed by atoms with Gasteiger partial charge in [-0.05, 0) is 35.2 Å². The van der Waals surface area contributed by atoms with E-state index >= 15 is 0 Å². The van der Waals surface area contributed by atoms with Crippen molar-refractivity contribution in [1.82, 2.24) is 5.48 Å². The third kappa shape index (κ3) is 3.19. The molecule has 19 heavy (non-hydrogen) atoms. The second-order valence-corrected chi connectivity index (χ2v) is 4.73. The minimum atomic E-state index is 0.193. The molecule has 1 atom stereocenters. The van der Waals surface area contributed by atoms with Crippen LogP contribution in [0.4, 0.5) is 0 Å². The lowest BCUT2D eigenvalue weighted by atomic mass is 10.0. The van der Waals surface area contributed by atoms with Crippen LogP contribution in [0.1, 0.15) is 22.3 Å². The third-order valence-electron chi connectivity index (χ3n) is 3.19. The molecule has 3 rings (SSSR count).